The molecule has 0 amide bonds. The van der Waals surface area contributed by atoms with Crippen LogP contribution in [0.4, 0.5) is 0 Å². The molecule has 1 aromatic carbocycles. The van der Waals surface area contributed by atoms with Crippen LogP contribution in [0.3, 0.4) is 0 Å². The van der Waals surface area contributed by atoms with Gasteiger partial charge in [0.25, 0.3) is 0 Å². The number of benzene rings is 1. The van der Waals surface area contributed by atoms with Crippen molar-refractivity contribution in [3.05, 3.63) is 42.0 Å². The van der Waals surface area contributed by atoms with Gasteiger partial charge in [-0.2, -0.15) is 5.10 Å². The van der Waals surface area contributed by atoms with Crippen LogP contribution in [0.1, 0.15) is 12.5 Å². The molecule has 0 spiro atoms. The van der Waals surface area contributed by atoms with E-state index in [1.807, 2.05) is 49.4 Å². The van der Waals surface area contributed by atoms with Crippen LogP contribution in [0, 0.1) is 5.92 Å². The minimum absolute atomic E-state index is 0.000196. The molecule has 2 unspecified atom stereocenters. The average Bonchev–Trinajstić information content (AvgIpc) is 3.03. The Morgan fingerprint density at radius 3 is 2.89 bits per heavy atom. The number of hydrogen-bond donors (Lipinski definition) is 1. The highest BCUT2D eigenvalue weighted by Crippen LogP contribution is 2.29. The maximum Gasteiger partial charge on any atom is 0.213 e. The summed E-state index contributed by atoms with van der Waals surface area (Å²) < 4.78 is 5.20. The second-order valence-corrected chi connectivity index (χ2v) is 5.08. The number of Topliss-reactive ketones (excluding diaryl/α,β-unsaturated/α-hetero) is 1. The quantitative estimate of drug-likeness (QED) is 0.833. The molecule has 4 heteroatoms. The third kappa shape index (κ3) is 2.44. The first-order valence-electron chi connectivity index (χ1n) is 6.41. The van der Waals surface area contributed by atoms with Gasteiger partial charge in [-0.15, -0.1) is 0 Å². The summed E-state index contributed by atoms with van der Waals surface area (Å²) in [6.07, 6.45) is 4.05. The van der Waals surface area contributed by atoms with Crippen molar-refractivity contribution in [2.24, 2.45) is 11.0 Å². The van der Waals surface area contributed by atoms with E-state index in [2.05, 4.69) is 10.5 Å². The van der Waals surface area contributed by atoms with Crippen molar-refractivity contribution >= 4 is 17.6 Å². The van der Waals surface area contributed by atoms with E-state index in [-0.39, 0.29) is 11.7 Å². The predicted octanol–water partition coefficient (Wildman–Crippen LogP) is 1.63. The molecule has 98 valence electrons. The first-order valence-corrected chi connectivity index (χ1v) is 6.41. The second kappa shape index (κ2) is 4.63. The zero-order valence-electron chi connectivity index (χ0n) is 10.8. The van der Waals surface area contributed by atoms with E-state index in [1.165, 1.54) is 0 Å². The van der Waals surface area contributed by atoms with Crippen LogP contribution >= 0.6 is 0 Å². The van der Waals surface area contributed by atoms with Gasteiger partial charge in [-0.05, 0) is 12.5 Å². The van der Waals surface area contributed by atoms with Crippen LogP contribution in [-0.2, 0) is 9.53 Å². The number of ketones is 1. The number of rotatable bonds is 4. The van der Waals surface area contributed by atoms with Crippen LogP contribution in [0.5, 0.6) is 0 Å². The number of ether oxygens (including phenoxy) is 1. The summed E-state index contributed by atoms with van der Waals surface area (Å²) in [6, 6.07) is 10.0. The van der Waals surface area contributed by atoms with Crippen LogP contribution in [-0.4, -0.2) is 30.2 Å². The van der Waals surface area contributed by atoms with E-state index in [0.717, 1.165) is 5.56 Å². The highest BCUT2D eigenvalue weighted by atomic mass is 16.6. The number of carbonyl (C=O) groups is 1. The first-order chi connectivity index (χ1) is 9.19. The Kier molecular flexibility index (Phi) is 2.95. The van der Waals surface area contributed by atoms with Crippen molar-refractivity contribution < 1.29 is 9.53 Å². The molecule has 0 aliphatic carbocycles. The molecule has 0 saturated carbocycles. The zero-order valence-corrected chi connectivity index (χ0v) is 10.8. The lowest BCUT2D eigenvalue weighted by Gasteiger charge is -2.08. The van der Waals surface area contributed by atoms with Gasteiger partial charge >= 0.3 is 0 Å². The van der Waals surface area contributed by atoms with E-state index in [0.29, 0.717) is 18.9 Å². The largest absolute Gasteiger partial charge is 0.361 e. The summed E-state index contributed by atoms with van der Waals surface area (Å²) in [7, 11) is 0. The molecule has 4 nitrogen and oxygen atoms in total. The number of hydrazone groups is 1. The summed E-state index contributed by atoms with van der Waals surface area (Å²) in [5.41, 5.74) is 3.96. The van der Waals surface area contributed by atoms with Gasteiger partial charge in [0.2, 0.25) is 5.78 Å². The van der Waals surface area contributed by atoms with Crippen molar-refractivity contribution in [1.29, 1.82) is 0 Å². The lowest BCUT2D eigenvalue weighted by Crippen LogP contribution is -2.32. The number of hydrogen-bond acceptors (Lipinski definition) is 4. The molecule has 19 heavy (non-hydrogen) atoms. The van der Waals surface area contributed by atoms with Crippen molar-refractivity contribution in [2.45, 2.75) is 12.5 Å². The van der Waals surface area contributed by atoms with E-state index < -0.39 is 5.60 Å². The highest BCUT2D eigenvalue weighted by molar-refractivity contribution is 6.44. The average molecular weight is 256 g/mol. The van der Waals surface area contributed by atoms with Crippen LogP contribution in [0.2, 0.25) is 0 Å². The van der Waals surface area contributed by atoms with Gasteiger partial charge in [-0.3, -0.25) is 4.79 Å². The van der Waals surface area contributed by atoms with Crippen molar-refractivity contribution in [3.8, 4) is 0 Å². The molecule has 2 heterocycles. The third-order valence-electron chi connectivity index (χ3n) is 3.47. The zero-order chi connectivity index (χ0) is 13.3. The Morgan fingerprint density at radius 1 is 1.47 bits per heavy atom. The maximum absolute atomic E-state index is 12.2. The molecule has 2 aliphatic heterocycles. The smallest absolute Gasteiger partial charge is 0.213 e. The molecular formula is C15H16N2O2. The molecule has 2 aliphatic rings. The van der Waals surface area contributed by atoms with Crippen molar-refractivity contribution in [1.82, 2.24) is 5.43 Å². The molecule has 1 N–H and O–H groups in total. The Balaban J connectivity index is 1.73. The minimum Gasteiger partial charge on any atom is -0.361 e. The van der Waals surface area contributed by atoms with Gasteiger partial charge in [-0.25, -0.2) is 0 Å². The first kappa shape index (κ1) is 12.1. The standard InChI is InChI=1S/C15H16N2O2/c1-15(10-19-15)14(18)13-12(9-16-17-13)8-7-11-5-3-2-4-6-11/h2-8,12,16H,9-10H2,1H3/b8-7+. The number of carbonyl (C=O) groups excluding carboxylic acids is 1. The number of nitrogens with zero attached hydrogens (tertiary/aromatic N) is 1. The fourth-order valence-electron chi connectivity index (χ4n) is 2.09. The molecule has 0 bridgehead atoms. The SMILES string of the molecule is CC1(C(=O)C2=NNCC2/C=C/c2ccccc2)CO1. The van der Waals surface area contributed by atoms with Gasteiger partial charge in [0.1, 0.15) is 5.71 Å². The second-order valence-electron chi connectivity index (χ2n) is 5.08. The summed E-state index contributed by atoms with van der Waals surface area (Å²) >= 11 is 0. The fourth-order valence-corrected chi connectivity index (χ4v) is 2.09. The summed E-state index contributed by atoms with van der Waals surface area (Å²) in [4.78, 5) is 12.2. The molecule has 2 atom stereocenters. The maximum atomic E-state index is 12.2. The molecular weight excluding hydrogens is 240 g/mol. The van der Waals surface area contributed by atoms with Crippen molar-refractivity contribution in [2.75, 3.05) is 13.2 Å². The van der Waals surface area contributed by atoms with Gasteiger partial charge < -0.3 is 10.2 Å². The summed E-state index contributed by atoms with van der Waals surface area (Å²) in [6.45, 7) is 2.98. The topological polar surface area (TPSA) is 54.0 Å². The Bertz CT molecular complexity index is 545. The number of nitrogens with one attached hydrogen (secondary N) is 1. The molecule has 1 aromatic rings. The summed E-state index contributed by atoms with van der Waals surface area (Å²) in [5, 5.41) is 4.12. The van der Waals surface area contributed by atoms with Gasteiger partial charge in [0.15, 0.2) is 5.60 Å². The predicted molar refractivity (Wildman–Crippen MR) is 73.8 cm³/mol. The molecule has 0 radical (unpaired) electrons. The van der Waals surface area contributed by atoms with E-state index in [1.54, 1.807) is 0 Å². The van der Waals surface area contributed by atoms with E-state index >= 15 is 0 Å². The van der Waals surface area contributed by atoms with Gasteiger partial charge in [0.05, 0.1) is 6.61 Å². The highest BCUT2D eigenvalue weighted by Gasteiger charge is 2.50. The van der Waals surface area contributed by atoms with E-state index in [9.17, 15) is 4.79 Å². The molecule has 1 saturated heterocycles. The third-order valence-corrected chi connectivity index (χ3v) is 3.47. The molecule has 1 fully saturated rings. The van der Waals surface area contributed by atoms with Crippen molar-refractivity contribution in [3.63, 3.8) is 0 Å². The minimum atomic E-state index is -0.635. The lowest BCUT2D eigenvalue weighted by molar-refractivity contribution is -0.117. The Labute approximate surface area is 112 Å². The number of epoxide rings is 1. The molecule has 3 rings (SSSR count). The Morgan fingerprint density at radius 2 is 2.21 bits per heavy atom. The summed E-state index contributed by atoms with van der Waals surface area (Å²) in [5.74, 6) is 0.0222. The normalized spacial score (nSPS) is 29.1. The lowest BCUT2D eigenvalue weighted by atomic mass is 9.93. The monoisotopic (exact) mass is 256 g/mol. The molecule has 0 aromatic heterocycles. The van der Waals surface area contributed by atoms with Crippen LogP contribution in [0.25, 0.3) is 6.08 Å². The van der Waals surface area contributed by atoms with Gasteiger partial charge in [-0.1, -0.05) is 42.5 Å². The Hall–Kier alpha value is -1.94. The van der Waals surface area contributed by atoms with Gasteiger partial charge in [0, 0.05) is 12.5 Å². The van der Waals surface area contributed by atoms with Crippen LogP contribution in [0.15, 0.2) is 41.5 Å². The van der Waals surface area contributed by atoms with Crippen LogP contribution < -0.4 is 5.43 Å². The fraction of sp³-hybridized carbons (Fsp3) is 0.333. The van der Waals surface area contributed by atoms with E-state index in [4.69, 9.17) is 4.74 Å².